The molecule has 6 nitrogen and oxygen atoms in total. The van der Waals surface area contributed by atoms with E-state index in [0.717, 1.165) is 19.5 Å². The molecule has 3 N–H and O–H groups in total. The van der Waals surface area contributed by atoms with Crippen molar-refractivity contribution < 1.29 is 14.3 Å². The standard InChI is InChI=1S/C24H31FN4O2.HI/c1-2-26-24(28-16-22(30)20-8-10-21(25)11-9-20)27-15-19-14-23(31)29(17-19)13-12-18-6-4-3-5-7-18;/h3-11,19,22,30H,2,12-17H2,1H3,(H2,26,27,28);1H. The van der Waals surface area contributed by atoms with Crippen LogP contribution in [0.1, 0.15) is 30.6 Å². The average molecular weight is 554 g/mol. The van der Waals surface area contributed by atoms with E-state index in [1.54, 1.807) is 12.1 Å². The molecule has 0 aromatic heterocycles. The van der Waals surface area contributed by atoms with Crippen LogP contribution in [0, 0.1) is 11.7 Å². The number of halogens is 2. The molecular formula is C24H32FIN4O2. The number of hydrogen-bond donors (Lipinski definition) is 3. The highest BCUT2D eigenvalue weighted by molar-refractivity contribution is 14.0. The Labute approximate surface area is 206 Å². The predicted molar refractivity (Wildman–Crippen MR) is 136 cm³/mol. The molecule has 8 heteroatoms. The monoisotopic (exact) mass is 554 g/mol. The van der Waals surface area contributed by atoms with E-state index < -0.39 is 6.10 Å². The maximum absolute atomic E-state index is 13.0. The van der Waals surface area contributed by atoms with Crippen molar-refractivity contribution in [3.05, 3.63) is 71.5 Å². The fourth-order valence-corrected chi connectivity index (χ4v) is 3.67. The molecule has 32 heavy (non-hydrogen) atoms. The zero-order chi connectivity index (χ0) is 22.1. The molecule has 1 amide bonds. The summed E-state index contributed by atoms with van der Waals surface area (Å²) in [6.45, 7) is 4.91. The Morgan fingerprint density at radius 3 is 2.59 bits per heavy atom. The molecule has 0 aliphatic carbocycles. The van der Waals surface area contributed by atoms with Crippen molar-refractivity contribution >= 4 is 35.8 Å². The molecular weight excluding hydrogens is 522 g/mol. The third-order valence-electron chi connectivity index (χ3n) is 5.39. The third-order valence-corrected chi connectivity index (χ3v) is 5.39. The van der Waals surface area contributed by atoms with Gasteiger partial charge in [0.1, 0.15) is 5.82 Å². The van der Waals surface area contributed by atoms with Gasteiger partial charge in [0, 0.05) is 38.5 Å². The van der Waals surface area contributed by atoms with Gasteiger partial charge >= 0.3 is 0 Å². The van der Waals surface area contributed by atoms with Crippen molar-refractivity contribution in [2.45, 2.75) is 25.9 Å². The summed E-state index contributed by atoms with van der Waals surface area (Å²) in [5.41, 5.74) is 1.86. The second-order valence-electron chi connectivity index (χ2n) is 7.81. The molecule has 3 rings (SSSR count). The number of carbonyl (C=O) groups excluding carboxylic acids is 1. The van der Waals surface area contributed by atoms with Gasteiger partial charge in [0.05, 0.1) is 12.6 Å². The topological polar surface area (TPSA) is 77.0 Å². The molecule has 2 aromatic rings. The number of nitrogens with one attached hydrogen (secondary N) is 2. The fraction of sp³-hybridized carbons (Fsp3) is 0.417. The zero-order valence-corrected chi connectivity index (χ0v) is 20.7. The van der Waals surface area contributed by atoms with Gasteiger partial charge in [-0.05, 0) is 36.6 Å². The van der Waals surface area contributed by atoms with E-state index in [0.29, 0.717) is 31.0 Å². The fourth-order valence-electron chi connectivity index (χ4n) is 3.67. The molecule has 174 valence electrons. The first kappa shape index (κ1) is 26.1. The van der Waals surface area contributed by atoms with E-state index in [9.17, 15) is 14.3 Å². The minimum Gasteiger partial charge on any atom is -0.386 e. The van der Waals surface area contributed by atoms with Crippen molar-refractivity contribution in [2.24, 2.45) is 10.9 Å². The largest absolute Gasteiger partial charge is 0.386 e. The Morgan fingerprint density at radius 1 is 1.19 bits per heavy atom. The van der Waals surface area contributed by atoms with Crippen LogP contribution in [0.5, 0.6) is 0 Å². The summed E-state index contributed by atoms with van der Waals surface area (Å²) in [5.74, 6) is 0.669. The number of amides is 1. The molecule has 0 radical (unpaired) electrons. The Balaban J connectivity index is 0.00000363. The minimum absolute atomic E-state index is 0. The summed E-state index contributed by atoms with van der Waals surface area (Å²) in [7, 11) is 0. The van der Waals surface area contributed by atoms with Crippen molar-refractivity contribution in [1.82, 2.24) is 15.5 Å². The lowest BCUT2D eigenvalue weighted by Gasteiger charge is -2.18. The van der Waals surface area contributed by atoms with Crippen LogP contribution in [0.3, 0.4) is 0 Å². The average Bonchev–Trinajstić information content (AvgIpc) is 3.14. The Kier molecular flexibility index (Phi) is 10.9. The molecule has 1 aliphatic rings. The van der Waals surface area contributed by atoms with E-state index in [-0.39, 0.29) is 48.2 Å². The van der Waals surface area contributed by atoms with Gasteiger partial charge < -0.3 is 20.6 Å². The number of nitrogens with zero attached hydrogens (tertiary/aromatic N) is 2. The first-order valence-corrected chi connectivity index (χ1v) is 10.8. The van der Waals surface area contributed by atoms with Gasteiger partial charge in [0.15, 0.2) is 5.96 Å². The number of guanidine groups is 1. The number of aliphatic hydroxyl groups is 1. The number of aliphatic hydroxyl groups excluding tert-OH is 1. The molecule has 1 aliphatic heterocycles. The summed E-state index contributed by atoms with van der Waals surface area (Å²) in [6.07, 6.45) is 0.579. The highest BCUT2D eigenvalue weighted by Crippen LogP contribution is 2.18. The smallest absolute Gasteiger partial charge is 0.223 e. The van der Waals surface area contributed by atoms with Crippen LogP contribution in [-0.2, 0) is 11.2 Å². The van der Waals surface area contributed by atoms with Crippen LogP contribution < -0.4 is 10.6 Å². The van der Waals surface area contributed by atoms with Crippen LogP contribution in [0.2, 0.25) is 0 Å². The molecule has 0 saturated carbocycles. The third kappa shape index (κ3) is 8.05. The SMILES string of the molecule is CCNC(=NCC(O)c1ccc(F)cc1)NCC1CC(=O)N(CCc2ccccc2)C1.I. The number of carbonyl (C=O) groups is 1. The quantitative estimate of drug-likeness (QED) is 0.253. The molecule has 2 aromatic carbocycles. The second kappa shape index (κ2) is 13.4. The molecule has 0 bridgehead atoms. The van der Waals surface area contributed by atoms with Crippen LogP contribution >= 0.6 is 24.0 Å². The Hall–Kier alpha value is -2.20. The van der Waals surface area contributed by atoms with Crippen molar-refractivity contribution in [1.29, 1.82) is 0 Å². The molecule has 1 heterocycles. The van der Waals surface area contributed by atoms with Crippen LogP contribution in [0.25, 0.3) is 0 Å². The number of benzene rings is 2. The van der Waals surface area contributed by atoms with Gasteiger partial charge in [0.2, 0.25) is 5.91 Å². The number of aliphatic imine (C=N–C) groups is 1. The maximum Gasteiger partial charge on any atom is 0.223 e. The summed E-state index contributed by atoms with van der Waals surface area (Å²) in [4.78, 5) is 18.7. The lowest BCUT2D eigenvalue weighted by Crippen LogP contribution is -2.40. The highest BCUT2D eigenvalue weighted by Gasteiger charge is 2.29. The maximum atomic E-state index is 13.0. The first-order chi connectivity index (χ1) is 15.0. The lowest BCUT2D eigenvalue weighted by molar-refractivity contribution is -0.127. The Bertz CT molecular complexity index is 864. The van der Waals surface area contributed by atoms with Crippen molar-refractivity contribution in [3.63, 3.8) is 0 Å². The van der Waals surface area contributed by atoms with E-state index >= 15 is 0 Å². The van der Waals surface area contributed by atoms with Crippen molar-refractivity contribution in [3.8, 4) is 0 Å². The van der Waals surface area contributed by atoms with Gasteiger partial charge in [-0.2, -0.15) is 0 Å². The zero-order valence-electron chi connectivity index (χ0n) is 18.3. The number of hydrogen-bond acceptors (Lipinski definition) is 3. The van der Waals surface area contributed by atoms with E-state index in [1.165, 1.54) is 17.7 Å². The van der Waals surface area contributed by atoms with E-state index in [1.807, 2.05) is 30.0 Å². The lowest BCUT2D eigenvalue weighted by atomic mass is 10.1. The van der Waals surface area contributed by atoms with Gasteiger partial charge in [0.25, 0.3) is 0 Å². The van der Waals surface area contributed by atoms with Crippen LogP contribution in [0.15, 0.2) is 59.6 Å². The summed E-state index contributed by atoms with van der Waals surface area (Å²) >= 11 is 0. The van der Waals surface area contributed by atoms with Crippen molar-refractivity contribution in [2.75, 3.05) is 32.7 Å². The molecule has 1 saturated heterocycles. The van der Waals surface area contributed by atoms with E-state index in [4.69, 9.17) is 0 Å². The second-order valence-corrected chi connectivity index (χ2v) is 7.81. The predicted octanol–water partition coefficient (Wildman–Crippen LogP) is 3.12. The first-order valence-electron chi connectivity index (χ1n) is 10.8. The summed E-state index contributed by atoms with van der Waals surface area (Å²) < 4.78 is 13.0. The Morgan fingerprint density at radius 2 is 1.91 bits per heavy atom. The minimum atomic E-state index is -0.808. The molecule has 2 unspecified atom stereocenters. The molecule has 2 atom stereocenters. The van der Waals surface area contributed by atoms with E-state index in [2.05, 4.69) is 27.8 Å². The summed E-state index contributed by atoms with van der Waals surface area (Å²) in [5, 5.41) is 16.7. The summed E-state index contributed by atoms with van der Waals surface area (Å²) in [6, 6.07) is 16.0. The van der Waals surface area contributed by atoms with Gasteiger partial charge in [-0.25, -0.2) is 4.39 Å². The van der Waals surface area contributed by atoms with Gasteiger partial charge in [-0.3, -0.25) is 9.79 Å². The number of rotatable bonds is 9. The molecule has 0 spiro atoms. The van der Waals surface area contributed by atoms with Crippen LogP contribution in [-0.4, -0.2) is 54.6 Å². The van der Waals surface area contributed by atoms with Gasteiger partial charge in [-0.15, -0.1) is 24.0 Å². The molecule has 1 fully saturated rings. The normalized spacial score (nSPS) is 17.1. The van der Waals surface area contributed by atoms with Gasteiger partial charge in [-0.1, -0.05) is 42.5 Å². The number of likely N-dealkylation sites (tertiary alicyclic amines) is 1. The highest BCUT2D eigenvalue weighted by atomic mass is 127. The van der Waals surface area contributed by atoms with Crippen LogP contribution in [0.4, 0.5) is 4.39 Å².